The zero-order valence-corrected chi connectivity index (χ0v) is 14.5. The molecule has 2 rings (SSSR count). The van der Waals surface area contributed by atoms with E-state index in [0.29, 0.717) is 17.7 Å². The van der Waals surface area contributed by atoms with Gasteiger partial charge in [0.15, 0.2) is 5.82 Å². The number of hydrazone groups is 1. The van der Waals surface area contributed by atoms with E-state index in [1.807, 2.05) is 19.1 Å². The molecule has 0 saturated heterocycles. The van der Waals surface area contributed by atoms with Gasteiger partial charge in [0.2, 0.25) is 0 Å². The predicted octanol–water partition coefficient (Wildman–Crippen LogP) is 2.97. The van der Waals surface area contributed by atoms with Crippen LogP contribution in [-0.4, -0.2) is 21.1 Å². The van der Waals surface area contributed by atoms with Gasteiger partial charge in [0.05, 0.1) is 6.21 Å². The Hall–Kier alpha value is -1.79. The first-order valence-electron chi connectivity index (χ1n) is 6.70. The molecule has 0 aliphatic heterocycles. The lowest BCUT2D eigenvalue weighted by molar-refractivity contribution is 0.855. The SMILES string of the molecule is CCc1nnc(N/N=C/c2ccc(C(C)C)cc2)n1N.Cl.Cl. The summed E-state index contributed by atoms with van der Waals surface area (Å²) in [6, 6.07) is 8.27. The van der Waals surface area contributed by atoms with E-state index < -0.39 is 0 Å². The molecule has 0 spiro atoms. The van der Waals surface area contributed by atoms with Gasteiger partial charge in [-0.2, -0.15) is 5.10 Å². The summed E-state index contributed by atoms with van der Waals surface area (Å²) in [4.78, 5) is 0. The third-order valence-corrected chi connectivity index (χ3v) is 3.06. The first-order chi connectivity index (χ1) is 9.61. The largest absolute Gasteiger partial charge is 0.335 e. The summed E-state index contributed by atoms with van der Waals surface area (Å²) in [5, 5.41) is 12.0. The number of aryl methyl sites for hydroxylation is 1. The fourth-order valence-corrected chi connectivity index (χ4v) is 1.77. The van der Waals surface area contributed by atoms with E-state index >= 15 is 0 Å². The molecular formula is C14H22Cl2N6. The van der Waals surface area contributed by atoms with E-state index in [0.717, 1.165) is 12.0 Å². The molecule has 3 N–H and O–H groups in total. The Bertz CT molecular complexity index is 592. The molecule has 0 bridgehead atoms. The van der Waals surface area contributed by atoms with Gasteiger partial charge in [0, 0.05) is 6.42 Å². The molecule has 1 heterocycles. The Morgan fingerprint density at radius 1 is 1.23 bits per heavy atom. The minimum Gasteiger partial charge on any atom is -0.335 e. The quantitative estimate of drug-likeness (QED) is 0.496. The minimum absolute atomic E-state index is 0. The molecule has 6 nitrogen and oxygen atoms in total. The van der Waals surface area contributed by atoms with Crippen molar-refractivity contribution in [1.82, 2.24) is 14.9 Å². The number of benzene rings is 1. The Morgan fingerprint density at radius 3 is 2.36 bits per heavy atom. The number of aromatic nitrogens is 3. The molecule has 0 aliphatic rings. The molecule has 122 valence electrons. The number of hydrogen-bond donors (Lipinski definition) is 2. The highest BCUT2D eigenvalue weighted by Crippen LogP contribution is 2.13. The molecule has 0 aliphatic carbocycles. The van der Waals surface area contributed by atoms with Gasteiger partial charge in [-0.05, 0) is 17.0 Å². The maximum Gasteiger partial charge on any atom is 0.263 e. The number of nitrogens with one attached hydrogen (secondary N) is 1. The van der Waals surface area contributed by atoms with E-state index in [2.05, 4.69) is 46.7 Å². The summed E-state index contributed by atoms with van der Waals surface area (Å²) >= 11 is 0. The second kappa shape index (κ2) is 9.27. The van der Waals surface area contributed by atoms with Gasteiger partial charge in [-0.1, -0.05) is 45.0 Å². The molecule has 1 aromatic carbocycles. The van der Waals surface area contributed by atoms with Gasteiger partial charge in [0.25, 0.3) is 5.95 Å². The summed E-state index contributed by atoms with van der Waals surface area (Å²) < 4.78 is 1.40. The number of anilines is 1. The van der Waals surface area contributed by atoms with Gasteiger partial charge in [-0.3, -0.25) is 0 Å². The Morgan fingerprint density at radius 2 is 1.86 bits per heavy atom. The number of nitrogen functional groups attached to an aromatic ring is 1. The van der Waals surface area contributed by atoms with Crippen molar-refractivity contribution in [2.45, 2.75) is 33.1 Å². The molecule has 0 radical (unpaired) electrons. The molecule has 22 heavy (non-hydrogen) atoms. The maximum absolute atomic E-state index is 5.80. The summed E-state index contributed by atoms with van der Waals surface area (Å²) in [5.74, 6) is 7.47. The normalized spacial score (nSPS) is 10.4. The van der Waals surface area contributed by atoms with Crippen LogP contribution in [0.3, 0.4) is 0 Å². The third kappa shape index (κ3) is 4.89. The van der Waals surface area contributed by atoms with E-state index in [1.165, 1.54) is 10.2 Å². The van der Waals surface area contributed by atoms with Gasteiger partial charge >= 0.3 is 0 Å². The lowest BCUT2D eigenvalue weighted by Gasteiger charge is -2.04. The van der Waals surface area contributed by atoms with E-state index in [1.54, 1.807) is 6.21 Å². The minimum atomic E-state index is 0. The van der Waals surface area contributed by atoms with Crippen molar-refractivity contribution in [3.8, 4) is 0 Å². The molecule has 8 heteroatoms. The summed E-state index contributed by atoms with van der Waals surface area (Å²) in [7, 11) is 0. The van der Waals surface area contributed by atoms with Crippen molar-refractivity contribution in [1.29, 1.82) is 0 Å². The standard InChI is InChI=1S/C14H20N6.2ClH/c1-4-13-17-19-14(20(13)15)18-16-9-11-5-7-12(8-6-11)10(2)3;;/h5-10H,4,15H2,1-3H3,(H,18,19);2*1H/b16-9+;;. The number of hydrogen-bond acceptors (Lipinski definition) is 5. The number of nitrogens with zero attached hydrogens (tertiary/aromatic N) is 4. The Balaban J connectivity index is 0.00000220. The van der Waals surface area contributed by atoms with Crippen LogP contribution in [0.4, 0.5) is 5.95 Å². The highest BCUT2D eigenvalue weighted by Gasteiger charge is 2.05. The predicted molar refractivity (Wildman–Crippen MR) is 95.8 cm³/mol. The van der Waals surface area contributed by atoms with E-state index in [4.69, 9.17) is 5.84 Å². The van der Waals surface area contributed by atoms with Gasteiger partial charge in [-0.25, -0.2) is 10.1 Å². The third-order valence-electron chi connectivity index (χ3n) is 3.06. The van der Waals surface area contributed by atoms with Crippen LogP contribution in [0.15, 0.2) is 29.4 Å². The zero-order valence-electron chi connectivity index (χ0n) is 12.9. The van der Waals surface area contributed by atoms with E-state index in [-0.39, 0.29) is 24.8 Å². The van der Waals surface area contributed by atoms with Crippen LogP contribution >= 0.6 is 24.8 Å². The topological polar surface area (TPSA) is 81.1 Å². The van der Waals surface area contributed by atoms with Crippen LogP contribution < -0.4 is 11.3 Å². The van der Waals surface area contributed by atoms with Crippen molar-refractivity contribution in [2.24, 2.45) is 5.10 Å². The Labute approximate surface area is 143 Å². The van der Waals surface area contributed by atoms with Crippen LogP contribution in [0.5, 0.6) is 0 Å². The summed E-state index contributed by atoms with van der Waals surface area (Å²) in [5.41, 5.74) is 5.11. The molecule has 0 saturated carbocycles. The van der Waals surface area contributed by atoms with Crippen LogP contribution in [0.25, 0.3) is 0 Å². The molecule has 2 aromatic rings. The van der Waals surface area contributed by atoms with Crippen molar-refractivity contribution in [3.05, 3.63) is 41.2 Å². The average Bonchev–Trinajstić information content (AvgIpc) is 2.80. The molecule has 1 aromatic heterocycles. The van der Waals surface area contributed by atoms with E-state index in [9.17, 15) is 0 Å². The fraction of sp³-hybridized carbons (Fsp3) is 0.357. The zero-order chi connectivity index (χ0) is 14.5. The first kappa shape index (κ1) is 20.2. The average molecular weight is 345 g/mol. The lowest BCUT2D eigenvalue weighted by atomic mass is 10.0. The summed E-state index contributed by atoms with van der Waals surface area (Å²) in [6.07, 6.45) is 2.45. The second-order valence-corrected chi connectivity index (χ2v) is 4.85. The molecule has 0 fully saturated rings. The maximum atomic E-state index is 5.80. The van der Waals surface area contributed by atoms with Crippen molar-refractivity contribution >= 4 is 37.0 Å². The molecule has 0 amide bonds. The van der Waals surface area contributed by atoms with Crippen molar-refractivity contribution in [3.63, 3.8) is 0 Å². The number of nitrogens with two attached hydrogens (primary N) is 1. The van der Waals surface area contributed by atoms with Gasteiger partial charge < -0.3 is 5.84 Å². The van der Waals surface area contributed by atoms with Gasteiger partial charge in [0.1, 0.15) is 0 Å². The monoisotopic (exact) mass is 344 g/mol. The second-order valence-electron chi connectivity index (χ2n) is 4.85. The molecular weight excluding hydrogens is 323 g/mol. The summed E-state index contributed by atoms with van der Waals surface area (Å²) in [6.45, 7) is 6.31. The molecule has 0 atom stereocenters. The molecule has 0 unspecified atom stereocenters. The Kier molecular flexibility index (Phi) is 8.52. The van der Waals surface area contributed by atoms with Crippen molar-refractivity contribution < 1.29 is 0 Å². The lowest BCUT2D eigenvalue weighted by Crippen LogP contribution is -2.14. The van der Waals surface area contributed by atoms with Crippen molar-refractivity contribution in [2.75, 3.05) is 11.3 Å². The van der Waals surface area contributed by atoms with Crippen LogP contribution in [0, 0.1) is 0 Å². The number of halogens is 2. The number of rotatable bonds is 5. The first-order valence-corrected chi connectivity index (χ1v) is 6.70. The smallest absolute Gasteiger partial charge is 0.263 e. The van der Waals surface area contributed by atoms with Gasteiger partial charge in [-0.15, -0.1) is 35.0 Å². The highest BCUT2D eigenvalue weighted by molar-refractivity contribution is 5.85. The highest BCUT2D eigenvalue weighted by atomic mass is 35.5. The van der Waals surface area contributed by atoms with Crippen LogP contribution in [0.2, 0.25) is 0 Å². The fourth-order valence-electron chi connectivity index (χ4n) is 1.77. The van der Waals surface area contributed by atoms with Crippen LogP contribution in [0.1, 0.15) is 43.6 Å². The van der Waals surface area contributed by atoms with Crippen LogP contribution in [-0.2, 0) is 6.42 Å².